The SMILES string of the molecule is COc1ccc(N2CCC(=O)NC(C)(C)C2=O)cc1F. The largest absolute Gasteiger partial charge is 0.494 e. The van der Waals surface area contributed by atoms with Crippen LogP contribution in [0, 0.1) is 5.82 Å². The van der Waals surface area contributed by atoms with Crippen LogP contribution in [0.15, 0.2) is 18.2 Å². The van der Waals surface area contributed by atoms with Gasteiger partial charge in [0.15, 0.2) is 11.6 Å². The maximum Gasteiger partial charge on any atom is 0.252 e. The standard InChI is InChI=1S/C14H17FN2O3/c1-14(2)13(19)17(7-6-12(18)16-14)9-4-5-11(20-3)10(15)8-9/h4-5,8H,6-7H2,1-3H3,(H,16,18). The Bertz CT molecular complexity index is 557. The first-order valence-corrected chi connectivity index (χ1v) is 6.31. The number of ether oxygens (including phenoxy) is 1. The van der Waals surface area contributed by atoms with Crippen LogP contribution in [0.4, 0.5) is 10.1 Å². The molecule has 1 N–H and O–H groups in total. The van der Waals surface area contributed by atoms with Gasteiger partial charge in [-0.2, -0.15) is 0 Å². The Balaban J connectivity index is 2.37. The molecule has 0 atom stereocenters. The highest BCUT2D eigenvalue weighted by Crippen LogP contribution is 2.26. The molecule has 1 heterocycles. The molecule has 0 saturated carbocycles. The second kappa shape index (κ2) is 5.11. The van der Waals surface area contributed by atoms with Gasteiger partial charge in [0.1, 0.15) is 5.54 Å². The molecule has 6 heteroatoms. The van der Waals surface area contributed by atoms with Crippen molar-refractivity contribution in [2.75, 3.05) is 18.6 Å². The van der Waals surface area contributed by atoms with E-state index in [0.717, 1.165) is 0 Å². The van der Waals surface area contributed by atoms with Gasteiger partial charge in [-0.05, 0) is 26.0 Å². The van der Waals surface area contributed by atoms with Crippen LogP contribution in [0.5, 0.6) is 5.75 Å². The molecule has 0 aromatic heterocycles. The zero-order chi connectivity index (χ0) is 14.9. The average Bonchev–Trinajstić information content (AvgIpc) is 2.47. The molecule has 2 amide bonds. The van der Waals surface area contributed by atoms with E-state index in [1.807, 2.05) is 0 Å². The van der Waals surface area contributed by atoms with Crippen LogP contribution in [0.25, 0.3) is 0 Å². The topological polar surface area (TPSA) is 58.6 Å². The van der Waals surface area contributed by atoms with Crippen molar-refractivity contribution >= 4 is 17.5 Å². The molecule has 20 heavy (non-hydrogen) atoms. The van der Waals surface area contributed by atoms with Crippen molar-refractivity contribution < 1.29 is 18.7 Å². The third-order valence-corrected chi connectivity index (χ3v) is 3.24. The quantitative estimate of drug-likeness (QED) is 0.892. The summed E-state index contributed by atoms with van der Waals surface area (Å²) >= 11 is 0. The van der Waals surface area contributed by atoms with Crippen LogP contribution < -0.4 is 15.0 Å². The van der Waals surface area contributed by atoms with Gasteiger partial charge in [-0.15, -0.1) is 0 Å². The lowest BCUT2D eigenvalue weighted by atomic mass is 10.0. The van der Waals surface area contributed by atoms with Crippen LogP contribution in [0.2, 0.25) is 0 Å². The Labute approximate surface area is 116 Å². The maximum atomic E-state index is 13.8. The third kappa shape index (κ3) is 2.59. The number of methoxy groups -OCH3 is 1. The number of nitrogens with one attached hydrogen (secondary N) is 1. The molecule has 1 aromatic rings. The lowest BCUT2D eigenvalue weighted by molar-refractivity contribution is -0.128. The van der Waals surface area contributed by atoms with Crippen molar-refractivity contribution in [1.29, 1.82) is 0 Å². The molecule has 1 saturated heterocycles. The van der Waals surface area contributed by atoms with Crippen molar-refractivity contribution in [2.24, 2.45) is 0 Å². The van der Waals surface area contributed by atoms with E-state index < -0.39 is 11.4 Å². The second-order valence-corrected chi connectivity index (χ2v) is 5.20. The highest BCUT2D eigenvalue weighted by molar-refractivity contribution is 6.03. The van der Waals surface area contributed by atoms with Crippen LogP contribution >= 0.6 is 0 Å². The summed E-state index contributed by atoms with van der Waals surface area (Å²) in [5, 5.41) is 2.66. The van der Waals surface area contributed by atoms with E-state index in [2.05, 4.69) is 5.32 Å². The van der Waals surface area contributed by atoms with Gasteiger partial charge >= 0.3 is 0 Å². The number of carbonyl (C=O) groups is 2. The molecule has 0 unspecified atom stereocenters. The number of carbonyl (C=O) groups excluding carboxylic acids is 2. The first-order chi connectivity index (χ1) is 9.35. The molecular weight excluding hydrogens is 263 g/mol. The average molecular weight is 280 g/mol. The fraction of sp³-hybridized carbons (Fsp3) is 0.429. The summed E-state index contributed by atoms with van der Waals surface area (Å²) in [5.41, 5.74) is -0.595. The van der Waals surface area contributed by atoms with Gasteiger partial charge in [0.25, 0.3) is 5.91 Å². The normalized spacial score (nSPS) is 18.5. The zero-order valence-corrected chi connectivity index (χ0v) is 11.7. The van der Waals surface area contributed by atoms with Gasteiger partial charge < -0.3 is 15.0 Å². The van der Waals surface area contributed by atoms with Gasteiger partial charge in [0, 0.05) is 24.7 Å². The van der Waals surface area contributed by atoms with Crippen LogP contribution in [0.1, 0.15) is 20.3 Å². The fourth-order valence-corrected chi connectivity index (χ4v) is 2.19. The molecule has 0 bridgehead atoms. The molecule has 1 aliphatic rings. The first kappa shape index (κ1) is 14.3. The Hall–Kier alpha value is -2.11. The molecule has 0 aliphatic carbocycles. The van der Waals surface area contributed by atoms with Crippen LogP contribution in [-0.2, 0) is 9.59 Å². The van der Waals surface area contributed by atoms with E-state index in [4.69, 9.17) is 4.74 Å². The molecule has 0 radical (unpaired) electrons. The molecule has 1 aromatic carbocycles. The van der Waals surface area contributed by atoms with Crippen LogP contribution in [-0.4, -0.2) is 31.0 Å². The van der Waals surface area contributed by atoms with Crippen molar-refractivity contribution in [3.8, 4) is 5.75 Å². The summed E-state index contributed by atoms with van der Waals surface area (Å²) < 4.78 is 18.6. The molecular formula is C14H17FN2O3. The molecule has 108 valence electrons. The third-order valence-electron chi connectivity index (χ3n) is 3.24. The van der Waals surface area contributed by atoms with E-state index in [-0.39, 0.29) is 30.5 Å². The van der Waals surface area contributed by atoms with Gasteiger partial charge in [-0.3, -0.25) is 9.59 Å². The summed E-state index contributed by atoms with van der Waals surface area (Å²) in [7, 11) is 1.38. The van der Waals surface area contributed by atoms with Gasteiger partial charge in [0.2, 0.25) is 5.91 Å². The minimum absolute atomic E-state index is 0.115. The first-order valence-electron chi connectivity index (χ1n) is 6.31. The Morgan fingerprint density at radius 3 is 2.65 bits per heavy atom. The number of halogens is 1. The summed E-state index contributed by atoms with van der Waals surface area (Å²) in [6.45, 7) is 3.48. The lowest BCUT2D eigenvalue weighted by Crippen LogP contribution is -2.53. The van der Waals surface area contributed by atoms with E-state index in [1.54, 1.807) is 19.9 Å². The minimum Gasteiger partial charge on any atom is -0.494 e. The van der Waals surface area contributed by atoms with E-state index >= 15 is 0 Å². The molecule has 0 spiro atoms. The van der Waals surface area contributed by atoms with Crippen molar-refractivity contribution in [3.05, 3.63) is 24.0 Å². The van der Waals surface area contributed by atoms with E-state index in [1.165, 1.54) is 24.1 Å². The second-order valence-electron chi connectivity index (χ2n) is 5.20. The van der Waals surface area contributed by atoms with Crippen molar-refractivity contribution in [2.45, 2.75) is 25.8 Å². The molecule has 2 rings (SSSR count). The number of hydrogen-bond donors (Lipinski definition) is 1. The summed E-state index contributed by atoms with van der Waals surface area (Å²) in [6, 6.07) is 4.30. The number of rotatable bonds is 2. The summed E-state index contributed by atoms with van der Waals surface area (Å²) in [5.74, 6) is -0.892. The Kier molecular flexibility index (Phi) is 3.65. The van der Waals surface area contributed by atoms with Gasteiger partial charge in [0.05, 0.1) is 7.11 Å². The van der Waals surface area contributed by atoms with Crippen LogP contribution in [0.3, 0.4) is 0 Å². The smallest absolute Gasteiger partial charge is 0.252 e. The molecule has 1 aliphatic heterocycles. The maximum absolute atomic E-state index is 13.8. The monoisotopic (exact) mass is 280 g/mol. The minimum atomic E-state index is -1.01. The number of anilines is 1. The van der Waals surface area contributed by atoms with E-state index in [0.29, 0.717) is 5.69 Å². The Morgan fingerprint density at radius 1 is 1.35 bits per heavy atom. The predicted octanol–water partition coefficient (Wildman–Crippen LogP) is 1.47. The summed E-state index contributed by atoms with van der Waals surface area (Å²) in [6.07, 6.45) is 0.183. The van der Waals surface area contributed by atoms with E-state index in [9.17, 15) is 14.0 Å². The van der Waals surface area contributed by atoms with Gasteiger partial charge in [-0.1, -0.05) is 0 Å². The zero-order valence-electron chi connectivity index (χ0n) is 11.7. The Morgan fingerprint density at radius 2 is 2.05 bits per heavy atom. The highest BCUT2D eigenvalue weighted by atomic mass is 19.1. The lowest BCUT2D eigenvalue weighted by Gasteiger charge is -2.29. The predicted molar refractivity (Wildman–Crippen MR) is 72.1 cm³/mol. The fourth-order valence-electron chi connectivity index (χ4n) is 2.19. The van der Waals surface area contributed by atoms with Gasteiger partial charge in [-0.25, -0.2) is 4.39 Å². The summed E-state index contributed by atoms with van der Waals surface area (Å²) in [4.78, 5) is 25.5. The number of hydrogen-bond acceptors (Lipinski definition) is 3. The number of nitrogens with zero attached hydrogens (tertiary/aromatic N) is 1. The number of benzene rings is 1. The van der Waals surface area contributed by atoms with Crippen molar-refractivity contribution in [3.63, 3.8) is 0 Å². The number of amides is 2. The highest BCUT2D eigenvalue weighted by Gasteiger charge is 2.37. The molecule has 5 nitrogen and oxygen atoms in total. The molecule has 1 fully saturated rings. The van der Waals surface area contributed by atoms with Crippen molar-refractivity contribution in [1.82, 2.24) is 5.32 Å².